The maximum absolute atomic E-state index is 4.44. The summed E-state index contributed by atoms with van der Waals surface area (Å²) in [6.45, 7) is 1.98. The monoisotopic (exact) mass is 301 g/mol. The fourth-order valence-corrected chi connectivity index (χ4v) is 2.36. The Labute approximate surface area is 114 Å². The van der Waals surface area contributed by atoms with E-state index in [0.29, 0.717) is 0 Å². The molecule has 0 N–H and O–H groups in total. The van der Waals surface area contributed by atoms with E-state index in [9.17, 15) is 0 Å². The van der Waals surface area contributed by atoms with E-state index in [1.165, 1.54) is 5.56 Å². The molecule has 0 amide bonds. The van der Waals surface area contributed by atoms with E-state index in [-0.39, 0.29) is 0 Å². The summed E-state index contributed by atoms with van der Waals surface area (Å²) in [5.74, 6) is 0. The lowest BCUT2D eigenvalue weighted by Gasteiger charge is -2.01. The second-order valence-corrected chi connectivity index (χ2v) is 5.06. The predicted octanol–water partition coefficient (Wildman–Crippen LogP) is 3.39. The van der Waals surface area contributed by atoms with Crippen LogP contribution in [0.2, 0.25) is 0 Å². The molecule has 3 nitrogen and oxygen atoms in total. The highest BCUT2D eigenvalue weighted by atomic mass is 79.9. The molecule has 3 aromatic rings. The van der Waals surface area contributed by atoms with Gasteiger partial charge in [0.05, 0.1) is 15.7 Å². The summed E-state index contributed by atoms with van der Waals surface area (Å²) >= 11 is 3.56. The van der Waals surface area contributed by atoms with Crippen molar-refractivity contribution in [3.63, 3.8) is 0 Å². The van der Waals surface area contributed by atoms with Gasteiger partial charge in [-0.3, -0.25) is 0 Å². The van der Waals surface area contributed by atoms with Gasteiger partial charge in [0.2, 0.25) is 0 Å². The average molecular weight is 302 g/mol. The van der Waals surface area contributed by atoms with Crippen LogP contribution in [0.1, 0.15) is 17.0 Å². The second kappa shape index (κ2) is 4.53. The van der Waals surface area contributed by atoms with Crippen LogP contribution in [-0.4, -0.2) is 14.6 Å². The molecule has 90 valence electrons. The highest BCUT2D eigenvalue weighted by Gasteiger charge is 2.07. The number of rotatable bonds is 2. The molecule has 1 aromatic carbocycles. The van der Waals surface area contributed by atoms with Crippen molar-refractivity contribution in [2.24, 2.45) is 0 Å². The number of benzene rings is 1. The van der Waals surface area contributed by atoms with Crippen LogP contribution in [0.4, 0.5) is 0 Å². The zero-order valence-electron chi connectivity index (χ0n) is 9.97. The molecular formula is C14H12BrN3. The van der Waals surface area contributed by atoms with Crippen molar-refractivity contribution in [2.45, 2.75) is 13.3 Å². The van der Waals surface area contributed by atoms with E-state index in [2.05, 4.69) is 44.2 Å². The maximum atomic E-state index is 4.44. The summed E-state index contributed by atoms with van der Waals surface area (Å²) in [5.41, 5.74) is 4.36. The summed E-state index contributed by atoms with van der Waals surface area (Å²) in [6.07, 6.45) is 2.61. The van der Waals surface area contributed by atoms with Gasteiger partial charge in [0.15, 0.2) is 0 Å². The van der Waals surface area contributed by atoms with Crippen LogP contribution in [-0.2, 0) is 6.42 Å². The number of aromatic nitrogens is 3. The van der Waals surface area contributed by atoms with Crippen LogP contribution in [0.25, 0.3) is 5.52 Å². The molecule has 3 rings (SSSR count). The summed E-state index contributed by atoms with van der Waals surface area (Å²) in [6, 6.07) is 12.4. The first-order valence-corrected chi connectivity index (χ1v) is 6.56. The van der Waals surface area contributed by atoms with Crippen molar-refractivity contribution < 1.29 is 0 Å². The van der Waals surface area contributed by atoms with E-state index in [1.54, 1.807) is 10.8 Å². The molecule has 0 spiro atoms. The number of fused-ring (bicyclic) bond motifs is 1. The third kappa shape index (κ3) is 2.04. The fraction of sp³-hybridized carbons (Fsp3) is 0.143. The molecule has 2 heterocycles. The van der Waals surface area contributed by atoms with Gasteiger partial charge in [-0.15, -0.1) is 0 Å². The van der Waals surface area contributed by atoms with Crippen molar-refractivity contribution in [3.05, 3.63) is 64.1 Å². The molecule has 0 fully saturated rings. The SMILES string of the molecule is Cc1nn2cnc(Cc3ccccc3)cc2c1Br. The minimum absolute atomic E-state index is 0.841. The normalized spacial score (nSPS) is 11.0. The Balaban J connectivity index is 2.01. The first kappa shape index (κ1) is 11.4. The minimum Gasteiger partial charge on any atom is -0.241 e. The zero-order valence-corrected chi connectivity index (χ0v) is 11.6. The van der Waals surface area contributed by atoms with Crippen molar-refractivity contribution in [3.8, 4) is 0 Å². The lowest BCUT2D eigenvalue weighted by molar-refractivity contribution is 0.882. The van der Waals surface area contributed by atoms with E-state index in [4.69, 9.17) is 0 Å². The van der Waals surface area contributed by atoms with Crippen molar-refractivity contribution in [1.29, 1.82) is 0 Å². The lowest BCUT2D eigenvalue weighted by atomic mass is 10.1. The van der Waals surface area contributed by atoms with Gasteiger partial charge in [-0.2, -0.15) is 5.10 Å². The Morgan fingerprint density at radius 3 is 2.78 bits per heavy atom. The van der Waals surface area contributed by atoms with E-state index in [0.717, 1.165) is 27.8 Å². The average Bonchev–Trinajstić information content (AvgIpc) is 2.67. The van der Waals surface area contributed by atoms with E-state index < -0.39 is 0 Å². The molecule has 0 saturated heterocycles. The topological polar surface area (TPSA) is 30.2 Å². The first-order chi connectivity index (χ1) is 8.74. The van der Waals surface area contributed by atoms with Crippen LogP contribution in [0.5, 0.6) is 0 Å². The van der Waals surface area contributed by atoms with Gasteiger partial charge in [-0.1, -0.05) is 30.3 Å². The Bertz CT molecular complexity index is 689. The number of hydrogen-bond donors (Lipinski definition) is 0. The standard InChI is InChI=1S/C14H12BrN3/c1-10-14(15)13-8-12(16-9-18(13)17-10)7-11-5-3-2-4-6-11/h2-6,8-9H,7H2,1H3. The van der Waals surface area contributed by atoms with Gasteiger partial charge in [0.1, 0.15) is 6.33 Å². The third-order valence-corrected chi connectivity index (χ3v) is 3.89. The molecule has 18 heavy (non-hydrogen) atoms. The zero-order chi connectivity index (χ0) is 12.5. The Morgan fingerprint density at radius 2 is 2.00 bits per heavy atom. The van der Waals surface area contributed by atoms with Crippen LogP contribution in [0.3, 0.4) is 0 Å². The highest BCUT2D eigenvalue weighted by molar-refractivity contribution is 9.10. The molecule has 0 radical (unpaired) electrons. The molecule has 2 aromatic heterocycles. The Morgan fingerprint density at radius 1 is 1.22 bits per heavy atom. The summed E-state index contributed by atoms with van der Waals surface area (Å²) in [7, 11) is 0. The quantitative estimate of drug-likeness (QED) is 0.726. The van der Waals surface area contributed by atoms with Gasteiger partial charge in [0.25, 0.3) is 0 Å². The van der Waals surface area contributed by atoms with Crippen LogP contribution in [0, 0.1) is 6.92 Å². The van der Waals surface area contributed by atoms with E-state index in [1.807, 2.05) is 25.1 Å². The van der Waals surface area contributed by atoms with Crippen molar-refractivity contribution >= 4 is 21.4 Å². The summed E-state index contributed by atoms with van der Waals surface area (Å²) < 4.78 is 2.84. The predicted molar refractivity (Wildman–Crippen MR) is 74.7 cm³/mol. The molecule has 0 aliphatic rings. The first-order valence-electron chi connectivity index (χ1n) is 5.77. The molecular weight excluding hydrogens is 290 g/mol. The number of aryl methyl sites for hydroxylation is 1. The maximum Gasteiger partial charge on any atom is 0.117 e. The van der Waals surface area contributed by atoms with Gasteiger partial charge in [-0.25, -0.2) is 9.50 Å². The number of hydrogen-bond acceptors (Lipinski definition) is 2. The molecule has 0 aliphatic heterocycles. The minimum atomic E-state index is 0.841. The lowest BCUT2D eigenvalue weighted by Crippen LogP contribution is -1.96. The summed E-state index contributed by atoms with van der Waals surface area (Å²) in [4.78, 5) is 4.44. The van der Waals surface area contributed by atoms with Gasteiger partial charge < -0.3 is 0 Å². The molecule has 0 bridgehead atoms. The van der Waals surface area contributed by atoms with Crippen LogP contribution in [0.15, 0.2) is 47.2 Å². The Hall–Kier alpha value is -1.68. The largest absolute Gasteiger partial charge is 0.241 e. The fourth-order valence-electron chi connectivity index (χ4n) is 1.99. The van der Waals surface area contributed by atoms with Gasteiger partial charge in [-0.05, 0) is 34.5 Å². The summed E-state index contributed by atoms with van der Waals surface area (Å²) in [5, 5.41) is 4.37. The van der Waals surface area contributed by atoms with Crippen LogP contribution < -0.4 is 0 Å². The van der Waals surface area contributed by atoms with Crippen molar-refractivity contribution in [1.82, 2.24) is 14.6 Å². The molecule has 4 heteroatoms. The molecule has 0 aliphatic carbocycles. The third-order valence-electron chi connectivity index (χ3n) is 2.91. The smallest absolute Gasteiger partial charge is 0.117 e. The molecule has 0 unspecified atom stereocenters. The van der Waals surface area contributed by atoms with Gasteiger partial charge in [0, 0.05) is 12.1 Å². The number of nitrogens with zero attached hydrogens (tertiary/aromatic N) is 3. The Kier molecular flexibility index (Phi) is 2.88. The number of halogens is 1. The van der Waals surface area contributed by atoms with Crippen LogP contribution >= 0.6 is 15.9 Å². The van der Waals surface area contributed by atoms with Gasteiger partial charge >= 0.3 is 0 Å². The highest BCUT2D eigenvalue weighted by Crippen LogP contribution is 2.22. The second-order valence-electron chi connectivity index (χ2n) is 4.27. The van der Waals surface area contributed by atoms with E-state index >= 15 is 0 Å². The van der Waals surface area contributed by atoms with Crippen molar-refractivity contribution in [2.75, 3.05) is 0 Å². The molecule has 0 saturated carbocycles. The molecule has 0 atom stereocenters.